The van der Waals surface area contributed by atoms with Gasteiger partial charge < -0.3 is 20.2 Å². The van der Waals surface area contributed by atoms with Crippen molar-refractivity contribution < 1.29 is 19.5 Å². The second-order valence-corrected chi connectivity index (χ2v) is 7.81. The third kappa shape index (κ3) is 6.30. The summed E-state index contributed by atoms with van der Waals surface area (Å²) in [5.41, 5.74) is 0.898. The molecule has 0 atom stereocenters. The van der Waals surface area contributed by atoms with Crippen molar-refractivity contribution in [2.75, 3.05) is 38.0 Å². The topological polar surface area (TPSA) is 128 Å². The number of hydrogen-bond donors (Lipinski definition) is 3. The van der Waals surface area contributed by atoms with Crippen LogP contribution in [0.4, 0.5) is 15.4 Å². The van der Waals surface area contributed by atoms with Gasteiger partial charge in [-0.3, -0.25) is 10.1 Å². The van der Waals surface area contributed by atoms with Gasteiger partial charge in [0.2, 0.25) is 0 Å². The van der Waals surface area contributed by atoms with Crippen molar-refractivity contribution in [2.24, 2.45) is 5.92 Å². The Bertz CT molecular complexity index is 744. The first-order valence-corrected chi connectivity index (χ1v) is 9.88. The van der Waals surface area contributed by atoms with Gasteiger partial charge >= 0.3 is 12.1 Å². The van der Waals surface area contributed by atoms with Crippen molar-refractivity contribution in [1.82, 2.24) is 25.3 Å². The molecule has 0 spiro atoms. The minimum absolute atomic E-state index is 0.0203. The summed E-state index contributed by atoms with van der Waals surface area (Å²) < 4.78 is 0. The molecule has 0 saturated carbocycles. The standard InChI is InChI=1S/C19H30N6O4/c1-12(2)5-6-20-18(27)21-16-14(13(3)4)11-15(22-23-16)17(26)24-7-9-25(10-8-24)19(28)29/h11-13H,5-10H2,1-4H3,(H,28,29)(H2,20,21,23,27). The lowest BCUT2D eigenvalue weighted by Crippen LogP contribution is -2.50. The van der Waals surface area contributed by atoms with Crippen LogP contribution in [0.3, 0.4) is 0 Å². The maximum Gasteiger partial charge on any atom is 0.407 e. The van der Waals surface area contributed by atoms with Crippen LogP contribution in [0.2, 0.25) is 0 Å². The summed E-state index contributed by atoms with van der Waals surface area (Å²) in [6.07, 6.45) is -0.111. The number of carbonyl (C=O) groups excluding carboxylic acids is 2. The number of carboxylic acid groups (broad SMARTS) is 1. The summed E-state index contributed by atoms with van der Waals surface area (Å²) in [6.45, 7) is 9.76. The van der Waals surface area contributed by atoms with Gasteiger partial charge in [0.15, 0.2) is 11.5 Å². The number of hydrogen-bond acceptors (Lipinski definition) is 5. The van der Waals surface area contributed by atoms with Gasteiger partial charge in [-0.1, -0.05) is 27.7 Å². The molecule has 0 aliphatic carbocycles. The average Bonchev–Trinajstić information content (AvgIpc) is 2.67. The number of anilines is 1. The molecule has 10 nitrogen and oxygen atoms in total. The lowest BCUT2D eigenvalue weighted by atomic mass is 10.0. The second-order valence-electron chi connectivity index (χ2n) is 7.81. The molecule has 1 saturated heterocycles. The number of aromatic nitrogens is 2. The van der Waals surface area contributed by atoms with E-state index in [-0.39, 0.29) is 36.6 Å². The fourth-order valence-electron chi connectivity index (χ4n) is 2.94. The first kappa shape index (κ1) is 22.4. The number of rotatable bonds is 6. The van der Waals surface area contributed by atoms with Gasteiger partial charge in [0.1, 0.15) is 0 Å². The van der Waals surface area contributed by atoms with E-state index in [4.69, 9.17) is 5.11 Å². The normalized spacial score (nSPS) is 14.3. The summed E-state index contributed by atoms with van der Waals surface area (Å²) in [6, 6.07) is 1.29. The second kappa shape index (κ2) is 10.0. The van der Waals surface area contributed by atoms with Crippen LogP contribution in [0.15, 0.2) is 6.07 Å². The van der Waals surface area contributed by atoms with E-state index in [0.717, 1.165) is 6.42 Å². The van der Waals surface area contributed by atoms with E-state index < -0.39 is 6.09 Å². The molecule has 0 radical (unpaired) electrons. The Morgan fingerprint density at radius 2 is 1.69 bits per heavy atom. The van der Waals surface area contributed by atoms with Crippen LogP contribution in [-0.2, 0) is 0 Å². The van der Waals surface area contributed by atoms with E-state index in [2.05, 4.69) is 34.7 Å². The highest BCUT2D eigenvalue weighted by molar-refractivity contribution is 5.94. The van der Waals surface area contributed by atoms with Crippen molar-refractivity contribution in [3.05, 3.63) is 17.3 Å². The molecule has 1 aliphatic rings. The molecule has 160 valence electrons. The SMILES string of the molecule is CC(C)CCNC(=O)Nc1nnc(C(=O)N2CCN(C(=O)O)CC2)cc1C(C)C. The van der Waals surface area contributed by atoms with Crippen molar-refractivity contribution in [1.29, 1.82) is 0 Å². The zero-order chi connectivity index (χ0) is 21.6. The molecule has 1 aromatic heterocycles. The van der Waals surface area contributed by atoms with Gasteiger partial charge in [0.25, 0.3) is 5.91 Å². The van der Waals surface area contributed by atoms with E-state index in [0.29, 0.717) is 36.9 Å². The molecule has 10 heteroatoms. The summed E-state index contributed by atoms with van der Waals surface area (Å²) in [5, 5.41) is 22.6. The van der Waals surface area contributed by atoms with E-state index in [1.54, 1.807) is 11.0 Å². The predicted molar refractivity (Wildman–Crippen MR) is 108 cm³/mol. The number of nitrogens with zero attached hydrogens (tertiary/aromatic N) is 4. The Kier molecular flexibility index (Phi) is 7.74. The van der Waals surface area contributed by atoms with Crippen LogP contribution in [0.25, 0.3) is 0 Å². The third-order valence-electron chi connectivity index (χ3n) is 4.74. The first-order chi connectivity index (χ1) is 13.7. The monoisotopic (exact) mass is 406 g/mol. The molecule has 2 rings (SSSR count). The Morgan fingerprint density at radius 1 is 1.07 bits per heavy atom. The van der Waals surface area contributed by atoms with Crippen LogP contribution >= 0.6 is 0 Å². The van der Waals surface area contributed by atoms with E-state index in [1.807, 2.05) is 13.8 Å². The van der Waals surface area contributed by atoms with E-state index in [1.165, 1.54) is 4.90 Å². The number of carbonyl (C=O) groups is 3. The fraction of sp³-hybridized carbons (Fsp3) is 0.632. The highest BCUT2D eigenvalue weighted by atomic mass is 16.4. The molecule has 0 bridgehead atoms. The molecular weight excluding hydrogens is 376 g/mol. The van der Waals surface area contributed by atoms with Gasteiger partial charge in [-0.25, -0.2) is 9.59 Å². The van der Waals surface area contributed by atoms with Gasteiger partial charge in [-0.2, -0.15) is 0 Å². The lowest BCUT2D eigenvalue weighted by Gasteiger charge is -2.32. The Morgan fingerprint density at radius 3 is 2.24 bits per heavy atom. The molecule has 1 aromatic rings. The van der Waals surface area contributed by atoms with Gasteiger partial charge in [-0.05, 0) is 24.3 Å². The summed E-state index contributed by atoms with van der Waals surface area (Å²) in [5.74, 6) is 0.544. The maximum atomic E-state index is 12.7. The predicted octanol–water partition coefficient (Wildman–Crippen LogP) is 2.20. The van der Waals surface area contributed by atoms with Crippen molar-refractivity contribution in [3.8, 4) is 0 Å². The quantitative estimate of drug-likeness (QED) is 0.664. The smallest absolute Gasteiger partial charge is 0.407 e. The lowest BCUT2D eigenvalue weighted by molar-refractivity contribution is 0.0618. The summed E-state index contributed by atoms with van der Waals surface area (Å²) in [7, 11) is 0. The van der Waals surface area contributed by atoms with Gasteiger partial charge in [-0.15, -0.1) is 10.2 Å². The van der Waals surface area contributed by atoms with Crippen molar-refractivity contribution in [3.63, 3.8) is 0 Å². The molecule has 0 unspecified atom stereocenters. The molecule has 29 heavy (non-hydrogen) atoms. The number of nitrogens with one attached hydrogen (secondary N) is 2. The van der Waals surface area contributed by atoms with Crippen LogP contribution < -0.4 is 10.6 Å². The summed E-state index contributed by atoms with van der Waals surface area (Å²) in [4.78, 5) is 38.7. The largest absolute Gasteiger partial charge is 0.465 e. The summed E-state index contributed by atoms with van der Waals surface area (Å²) >= 11 is 0. The van der Waals surface area contributed by atoms with Crippen LogP contribution in [0.5, 0.6) is 0 Å². The Balaban J connectivity index is 2.06. The first-order valence-electron chi connectivity index (χ1n) is 9.88. The number of urea groups is 1. The van der Waals surface area contributed by atoms with E-state index >= 15 is 0 Å². The fourth-order valence-corrected chi connectivity index (χ4v) is 2.94. The molecule has 0 aromatic carbocycles. The zero-order valence-corrected chi connectivity index (χ0v) is 17.4. The number of amides is 4. The van der Waals surface area contributed by atoms with Crippen LogP contribution in [-0.4, -0.2) is 75.9 Å². The van der Waals surface area contributed by atoms with E-state index in [9.17, 15) is 14.4 Å². The zero-order valence-electron chi connectivity index (χ0n) is 17.4. The van der Waals surface area contributed by atoms with Crippen LogP contribution in [0, 0.1) is 5.92 Å². The Labute approximate surface area is 170 Å². The molecule has 3 N–H and O–H groups in total. The van der Waals surface area contributed by atoms with Crippen molar-refractivity contribution >= 4 is 23.8 Å². The van der Waals surface area contributed by atoms with Gasteiger partial charge in [0, 0.05) is 38.3 Å². The van der Waals surface area contributed by atoms with Gasteiger partial charge in [0.05, 0.1) is 0 Å². The Hall–Kier alpha value is -2.91. The van der Waals surface area contributed by atoms with Crippen LogP contribution in [0.1, 0.15) is 56.1 Å². The molecule has 1 fully saturated rings. The molecule has 2 heterocycles. The molecule has 4 amide bonds. The highest BCUT2D eigenvalue weighted by Crippen LogP contribution is 2.23. The average molecular weight is 406 g/mol. The number of piperazine rings is 1. The minimum Gasteiger partial charge on any atom is -0.465 e. The maximum absolute atomic E-state index is 12.7. The molecule has 1 aliphatic heterocycles. The van der Waals surface area contributed by atoms with Crippen molar-refractivity contribution in [2.45, 2.75) is 40.0 Å². The highest BCUT2D eigenvalue weighted by Gasteiger charge is 2.26. The molecular formula is C19H30N6O4. The minimum atomic E-state index is -0.985. The third-order valence-corrected chi connectivity index (χ3v) is 4.74.